The van der Waals surface area contributed by atoms with Gasteiger partial charge in [0.05, 0.1) is 33.4 Å². The van der Waals surface area contributed by atoms with Gasteiger partial charge in [-0.3, -0.25) is 14.7 Å². The van der Waals surface area contributed by atoms with Crippen LogP contribution >= 0.6 is 22.7 Å². The highest BCUT2D eigenvalue weighted by Crippen LogP contribution is 2.44. The Labute approximate surface area is 230 Å². The summed E-state index contributed by atoms with van der Waals surface area (Å²) in [4.78, 5) is 41.5. The highest BCUT2D eigenvalue weighted by atomic mass is 32.1. The number of carbonyl (C=O) groups is 2. The summed E-state index contributed by atoms with van der Waals surface area (Å²) in [5.41, 5.74) is 5.10. The molecule has 0 saturated carbocycles. The summed E-state index contributed by atoms with van der Waals surface area (Å²) in [5.74, 6) is 0.969. The number of amides is 2. The fourth-order valence-electron chi connectivity index (χ4n) is 5.77. The number of thiophene rings is 2. The van der Waals surface area contributed by atoms with E-state index in [0.29, 0.717) is 6.54 Å². The molecule has 0 radical (unpaired) electrons. The summed E-state index contributed by atoms with van der Waals surface area (Å²) >= 11 is 3.49. The summed E-state index contributed by atoms with van der Waals surface area (Å²) in [6, 6.07) is 0.0320. The number of aromatic nitrogens is 2. The molecule has 38 heavy (non-hydrogen) atoms. The van der Waals surface area contributed by atoms with Crippen LogP contribution in [0.3, 0.4) is 0 Å². The minimum absolute atomic E-state index is 0.000178. The molecule has 2 unspecified atom stereocenters. The highest BCUT2D eigenvalue weighted by molar-refractivity contribution is 7.27. The fraction of sp³-hybridized carbons (Fsp3) is 0.500. The Hall–Kier alpha value is -2.98. The number of hydrogen-bond acceptors (Lipinski definition) is 7. The minimum Gasteiger partial charge on any atom is -0.444 e. The molecule has 3 aliphatic heterocycles. The van der Waals surface area contributed by atoms with Gasteiger partial charge in [-0.05, 0) is 52.0 Å². The van der Waals surface area contributed by atoms with Crippen molar-refractivity contribution in [3.63, 3.8) is 0 Å². The van der Waals surface area contributed by atoms with Crippen LogP contribution in [0.25, 0.3) is 26.2 Å². The topological polar surface area (TPSA) is 90.9 Å². The van der Waals surface area contributed by atoms with Crippen LogP contribution in [0.15, 0.2) is 28.1 Å². The molecule has 0 bridgehead atoms. The molecule has 1 N–H and O–H groups in total. The Bertz CT molecular complexity index is 1460. The third kappa shape index (κ3) is 4.58. The van der Waals surface area contributed by atoms with Crippen LogP contribution in [0.2, 0.25) is 0 Å². The van der Waals surface area contributed by atoms with Gasteiger partial charge in [-0.1, -0.05) is 0 Å². The van der Waals surface area contributed by atoms with Gasteiger partial charge in [-0.25, -0.2) is 9.78 Å². The molecule has 3 aromatic rings. The third-order valence-corrected chi connectivity index (χ3v) is 9.67. The van der Waals surface area contributed by atoms with Gasteiger partial charge in [-0.2, -0.15) is 0 Å². The number of ether oxygens (including phenoxy) is 1. The van der Waals surface area contributed by atoms with E-state index >= 15 is 0 Å². The van der Waals surface area contributed by atoms with Crippen LogP contribution in [0.5, 0.6) is 0 Å². The number of nitrogens with one attached hydrogen (secondary N) is 1. The van der Waals surface area contributed by atoms with E-state index < -0.39 is 5.60 Å². The highest BCUT2D eigenvalue weighted by Gasteiger charge is 2.36. The number of fused-ring (bicyclic) bond motifs is 1. The van der Waals surface area contributed by atoms with Gasteiger partial charge < -0.3 is 14.6 Å². The molecule has 8 nitrogen and oxygen atoms in total. The third-order valence-electron chi connectivity index (χ3n) is 7.51. The Morgan fingerprint density at radius 2 is 1.71 bits per heavy atom. The predicted octanol–water partition coefficient (Wildman–Crippen LogP) is 6.62. The minimum atomic E-state index is -0.510. The standard InChI is InChI=1S/C28H33N5O3S2/c1-16(34)32-9-6-8-23(32)26-30-13-21(31-26)19-15-38-24-18(14-37-25(19)24)17-11-20(29-12-17)22-7-5-10-33(22)27(35)36-28(2,3)4/h12-15,22-23H,5-11H2,1-4H3,(H,30,31). The molecular weight excluding hydrogens is 518 g/mol. The van der Waals surface area contributed by atoms with Crippen LogP contribution < -0.4 is 0 Å². The molecule has 2 atom stereocenters. The summed E-state index contributed by atoms with van der Waals surface area (Å²) in [6.07, 6.45) is 8.21. The fourth-order valence-corrected chi connectivity index (χ4v) is 8.24. The maximum atomic E-state index is 12.8. The van der Waals surface area contributed by atoms with Crippen LogP contribution in [-0.2, 0) is 9.53 Å². The lowest BCUT2D eigenvalue weighted by Crippen LogP contribution is -2.43. The number of nitrogens with zero attached hydrogens (tertiary/aromatic N) is 4. The lowest BCUT2D eigenvalue weighted by molar-refractivity contribution is -0.129. The Morgan fingerprint density at radius 1 is 1.03 bits per heavy atom. The van der Waals surface area contributed by atoms with Crippen LogP contribution in [0.4, 0.5) is 4.79 Å². The zero-order valence-electron chi connectivity index (χ0n) is 22.2. The Morgan fingerprint density at radius 3 is 2.45 bits per heavy atom. The van der Waals surface area contributed by atoms with E-state index in [1.165, 1.54) is 20.5 Å². The molecule has 2 fully saturated rings. The molecule has 6 rings (SSSR count). The zero-order valence-corrected chi connectivity index (χ0v) is 23.9. The summed E-state index contributed by atoms with van der Waals surface area (Å²) < 4.78 is 8.15. The van der Waals surface area contributed by atoms with E-state index in [0.717, 1.165) is 61.4 Å². The molecular formula is C28H33N5O3S2. The van der Waals surface area contributed by atoms with Crippen molar-refractivity contribution in [3.8, 4) is 11.3 Å². The second-order valence-electron chi connectivity index (χ2n) is 11.3. The number of rotatable bonds is 4. The number of likely N-dealkylation sites (tertiary alicyclic amines) is 2. The molecule has 10 heteroatoms. The number of aromatic amines is 1. The number of carbonyl (C=O) groups excluding carboxylic acids is 2. The van der Waals surface area contributed by atoms with Crippen LogP contribution in [0, 0.1) is 0 Å². The summed E-state index contributed by atoms with van der Waals surface area (Å²) in [7, 11) is 0. The largest absolute Gasteiger partial charge is 0.444 e. The van der Waals surface area contributed by atoms with E-state index in [1.807, 2.05) is 43.0 Å². The quantitative estimate of drug-likeness (QED) is 0.394. The number of allylic oxidation sites excluding steroid dienone is 1. The maximum absolute atomic E-state index is 12.8. The second-order valence-corrected chi connectivity index (χ2v) is 13.1. The molecule has 2 saturated heterocycles. The van der Waals surface area contributed by atoms with Crippen molar-refractivity contribution in [3.05, 3.63) is 34.5 Å². The van der Waals surface area contributed by atoms with E-state index in [2.05, 4.69) is 20.7 Å². The first-order chi connectivity index (χ1) is 18.2. The summed E-state index contributed by atoms with van der Waals surface area (Å²) in [6.45, 7) is 8.84. The number of imidazole rings is 1. The van der Waals surface area contributed by atoms with E-state index in [4.69, 9.17) is 9.73 Å². The number of H-pyrrole nitrogens is 1. The van der Waals surface area contributed by atoms with Crippen molar-refractivity contribution in [2.75, 3.05) is 13.1 Å². The lowest BCUT2D eigenvalue weighted by atomic mass is 10.00. The SMILES string of the molecule is CC(=O)N1CCCC1c1ncc(-c2csc3c(C4=CN=C(C5CCCN5C(=O)OC(C)(C)C)C4)csc23)[nH]1. The van der Waals surface area contributed by atoms with Gasteiger partial charge >= 0.3 is 6.09 Å². The molecule has 3 aliphatic rings. The van der Waals surface area contributed by atoms with Crippen molar-refractivity contribution >= 4 is 55.4 Å². The van der Waals surface area contributed by atoms with E-state index in [-0.39, 0.29) is 24.1 Å². The molecule has 0 aromatic carbocycles. The van der Waals surface area contributed by atoms with Gasteiger partial charge in [-0.15, -0.1) is 22.7 Å². The summed E-state index contributed by atoms with van der Waals surface area (Å²) in [5, 5.41) is 4.42. The van der Waals surface area contributed by atoms with Gasteiger partial charge in [0.1, 0.15) is 11.4 Å². The van der Waals surface area contributed by atoms with E-state index in [1.54, 1.807) is 29.6 Å². The normalized spacial score (nSPS) is 21.9. The number of aliphatic imine (C=N–C) groups is 1. The zero-order chi connectivity index (χ0) is 26.6. The van der Waals surface area contributed by atoms with Crippen LogP contribution in [-0.4, -0.2) is 62.2 Å². The number of hydrogen-bond donors (Lipinski definition) is 1. The predicted molar refractivity (Wildman–Crippen MR) is 153 cm³/mol. The molecule has 200 valence electrons. The lowest BCUT2D eigenvalue weighted by Gasteiger charge is -2.28. The van der Waals surface area contributed by atoms with Crippen molar-refractivity contribution in [1.82, 2.24) is 19.8 Å². The molecule has 6 heterocycles. The molecule has 2 amide bonds. The smallest absolute Gasteiger partial charge is 0.410 e. The van der Waals surface area contributed by atoms with Crippen molar-refractivity contribution in [1.29, 1.82) is 0 Å². The maximum Gasteiger partial charge on any atom is 0.410 e. The Balaban J connectivity index is 1.18. The van der Waals surface area contributed by atoms with Crippen LogP contribution in [0.1, 0.15) is 77.2 Å². The first-order valence-corrected chi connectivity index (χ1v) is 15.0. The van der Waals surface area contributed by atoms with Gasteiger partial charge in [0.15, 0.2) is 0 Å². The first kappa shape index (κ1) is 25.3. The average Bonchev–Trinajstić information content (AvgIpc) is 3.66. The van der Waals surface area contributed by atoms with Crippen molar-refractivity contribution in [2.24, 2.45) is 4.99 Å². The first-order valence-electron chi connectivity index (χ1n) is 13.3. The Kier molecular flexibility index (Phi) is 6.42. The van der Waals surface area contributed by atoms with E-state index in [9.17, 15) is 9.59 Å². The molecule has 0 aliphatic carbocycles. The van der Waals surface area contributed by atoms with Gasteiger partial charge in [0, 0.05) is 60.2 Å². The monoisotopic (exact) mass is 551 g/mol. The van der Waals surface area contributed by atoms with Crippen molar-refractivity contribution in [2.45, 2.75) is 77.5 Å². The molecule has 0 spiro atoms. The average molecular weight is 552 g/mol. The second kappa shape index (κ2) is 9.64. The van der Waals surface area contributed by atoms with Gasteiger partial charge in [0.2, 0.25) is 5.91 Å². The van der Waals surface area contributed by atoms with Gasteiger partial charge in [0.25, 0.3) is 0 Å². The molecule has 3 aromatic heterocycles. The van der Waals surface area contributed by atoms with Crippen molar-refractivity contribution < 1.29 is 14.3 Å².